The fraction of sp³-hybridized carbons (Fsp3) is 0.364. The summed E-state index contributed by atoms with van der Waals surface area (Å²) in [6.45, 7) is 5.81. The molecule has 2 aromatic rings. The smallest absolute Gasteiger partial charge is 0.307 e. The molecule has 0 saturated carbocycles. The van der Waals surface area contributed by atoms with Gasteiger partial charge in [0, 0.05) is 0 Å². The van der Waals surface area contributed by atoms with Crippen molar-refractivity contribution in [2.75, 3.05) is 7.11 Å². The molecule has 0 bridgehead atoms. The van der Waals surface area contributed by atoms with Crippen LogP contribution in [0.2, 0.25) is 0 Å². The maximum absolute atomic E-state index is 12.1. The van der Waals surface area contributed by atoms with Crippen molar-refractivity contribution in [3.63, 3.8) is 0 Å². The molecule has 0 saturated heterocycles. The molecule has 0 N–H and O–H groups in total. The summed E-state index contributed by atoms with van der Waals surface area (Å²) in [5.41, 5.74) is 1.15. The van der Waals surface area contributed by atoms with Crippen LogP contribution in [0.25, 0.3) is 0 Å². The lowest BCUT2D eigenvalue weighted by atomic mass is 9.96. The number of ether oxygens (including phenoxy) is 3. The Morgan fingerprint density at radius 3 is 2.41 bits per heavy atom. The van der Waals surface area contributed by atoms with E-state index in [1.165, 1.54) is 0 Å². The molecule has 0 heterocycles. The lowest BCUT2D eigenvalue weighted by Crippen LogP contribution is -2.24. The Hall–Kier alpha value is -3.00. The topological polar surface area (TPSA) is 68.5 Å². The molecule has 27 heavy (non-hydrogen) atoms. The molecule has 0 aromatic heterocycles. The molecule has 0 aliphatic heterocycles. The highest BCUT2D eigenvalue weighted by atomic mass is 16.6. The molecule has 1 unspecified atom stereocenters. The highest BCUT2D eigenvalue weighted by molar-refractivity contribution is 5.71. The first-order chi connectivity index (χ1) is 12.8. The van der Waals surface area contributed by atoms with E-state index < -0.39 is 17.5 Å². The summed E-state index contributed by atoms with van der Waals surface area (Å²) in [7, 11) is 1.55. The number of hydrogen-bond acceptors (Lipinski definition) is 5. The molecule has 5 nitrogen and oxygen atoms in total. The second kappa shape index (κ2) is 9.09. The van der Waals surface area contributed by atoms with Gasteiger partial charge in [0.15, 0.2) is 11.5 Å². The van der Waals surface area contributed by atoms with E-state index in [2.05, 4.69) is 6.07 Å². The van der Waals surface area contributed by atoms with Gasteiger partial charge in [0.05, 0.1) is 25.5 Å². The van der Waals surface area contributed by atoms with E-state index in [0.29, 0.717) is 23.7 Å². The Kier molecular flexibility index (Phi) is 6.84. The molecule has 0 amide bonds. The average molecular weight is 367 g/mol. The van der Waals surface area contributed by atoms with Gasteiger partial charge in [-0.15, -0.1) is 0 Å². The second-order valence-electron chi connectivity index (χ2n) is 7.16. The molecule has 142 valence electrons. The Labute approximate surface area is 160 Å². The van der Waals surface area contributed by atoms with Gasteiger partial charge < -0.3 is 14.2 Å². The lowest BCUT2D eigenvalue weighted by Gasteiger charge is -2.20. The number of hydrogen-bond donors (Lipinski definition) is 0. The average Bonchev–Trinajstić information content (AvgIpc) is 2.63. The second-order valence-corrected chi connectivity index (χ2v) is 7.16. The summed E-state index contributed by atoms with van der Waals surface area (Å²) in [6, 6.07) is 17.3. The van der Waals surface area contributed by atoms with Gasteiger partial charge >= 0.3 is 5.97 Å². The molecule has 0 aliphatic carbocycles. The molecule has 0 fully saturated rings. The number of benzene rings is 2. The summed E-state index contributed by atoms with van der Waals surface area (Å²) in [6.07, 6.45) is -0.0128. The zero-order valence-corrected chi connectivity index (χ0v) is 16.2. The van der Waals surface area contributed by atoms with Crippen LogP contribution in [-0.4, -0.2) is 18.7 Å². The van der Waals surface area contributed by atoms with E-state index in [9.17, 15) is 10.1 Å². The van der Waals surface area contributed by atoms with Gasteiger partial charge in [-0.05, 0) is 44.0 Å². The van der Waals surface area contributed by atoms with Crippen molar-refractivity contribution in [2.45, 2.75) is 45.3 Å². The van der Waals surface area contributed by atoms with Crippen LogP contribution in [0.4, 0.5) is 0 Å². The number of nitriles is 1. The standard InChI is InChI=1S/C22H25NO4/c1-22(2,3)27-21(24)13-18(14-23)17-10-11-19(20(12-17)25-4)26-15-16-8-6-5-7-9-16/h5-12,18H,13,15H2,1-4H3. The minimum absolute atomic E-state index is 0.0128. The van der Waals surface area contributed by atoms with Crippen LogP contribution in [0.3, 0.4) is 0 Å². The first kappa shape index (κ1) is 20.3. The zero-order valence-electron chi connectivity index (χ0n) is 16.2. The molecule has 0 spiro atoms. The molecule has 0 radical (unpaired) electrons. The normalized spacial score (nSPS) is 12.0. The van der Waals surface area contributed by atoms with Crippen LogP contribution in [-0.2, 0) is 16.1 Å². The van der Waals surface area contributed by atoms with Crippen molar-refractivity contribution in [3.05, 3.63) is 59.7 Å². The quantitative estimate of drug-likeness (QED) is 0.668. The van der Waals surface area contributed by atoms with Crippen molar-refractivity contribution in [3.8, 4) is 17.6 Å². The maximum atomic E-state index is 12.1. The van der Waals surface area contributed by atoms with Crippen molar-refractivity contribution in [2.24, 2.45) is 0 Å². The van der Waals surface area contributed by atoms with Crippen molar-refractivity contribution >= 4 is 5.97 Å². The number of carbonyl (C=O) groups is 1. The van der Waals surface area contributed by atoms with Crippen LogP contribution in [0.15, 0.2) is 48.5 Å². The van der Waals surface area contributed by atoms with Gasteiger partial charge in [0.1, 0.15) is 12.2 Å². The van der Waals surface area contributed by atoms with Crippen LogP contribution in [0, 0.1) is 11.3 Å². The highest BCUT2D eigenvalue weighted by Crippen LogP contribution is 2.32. The third-order valence-electron chi connectivity index (χ3n) is 3.77. The summed E-state index contributed by atoms with van der Waals surface area (Å²) in [5, 5.41) is 9.48. The van der Waals surface area contributed by atoms with E-state index in [1.54, 1.807) is 46.1 Å². The van der Waals surface area contributed by atoms with E-state index in [4.69, 9.17) is 14.2 Å². The SMILES string of the molecule is COc1cc(C(C#N)CC(=O)OC(C)(C)C)ccc1OCc1ccccc1. The summed E-state index contributed by atoms with van der Waals surface area (Å²) in [4.78, 5) is 12.1. The Bertz CT molecular complexity index is 803. The minimum atomic E-state index is -0.614. The number of nitrogens with zero attached hydrogens (tertiary/aromatic N) is 1. The fourth-order valence-electron chi connectivity index (χ4n) is 2.54. The zero-order chi connectivity index (χ0) is 19.9. The highest BCUT2D eigenvalue weighted by Gasteiger charge is 2.22. The first-order valence-electron chi connectivity index (χ1n) is 8.78. The molecule has 0 aliphatic rings. The van der Waals surface area contributed by atoms with Crippen molar-refractivity contribution in [1.29, 1.82) is 5.26 Å². The Morgan fingerprint density at radius 2 is 1.81 bits per heavy atom. The van der Waals surface area contributed by atoms with Crippen LogP contribution < -0.4 is 9.47 Å². The van der Waals surface area contributed by atoms with Crippen LogP contribution in [0.5, 0.6) is 11.5 Å². The first-order valence-corrected chi connectivity index (χ1v) is 8.78. The summed E-state index contributed by atoms with van der Waals surface area (Å²) in [5.74, 6) is 0.0845. The van der Waals surface area contributed by atoms with Gasteiger partial charge in [-0.25, -0.2) is 0 Å². The molecule has 5 heteroatoms. The van der Waals surface area contributed by atoms with Gasteiger partial charge in [-0.3, -0.25) is 4.79 Å². The largest absolute Gasteiger partial charge is 0.493 e. The van der Waals surface area contributed by atoms with Gasteiger partial charge in [0.25, 0.3) is 0 Å². The van der Waals surface area contributed by atoms with Crippen molar-refractivity contribution in [1.82, 2.24) is 0 Å². The third kappa shape index (κ3) is 6.34. The predicted octanol–water partition coefficient (Wildman–Crippen LogP) is 4.61. The molecular weight excluding hydrogens is 342 g/mol. The Balaban J connectivity index is 2.11. The summed E-state index contributed by atoms with van der Waals surface area (Å²) >= 11 is 0. The maximum Gasteiger partial charge on any atom is 0.307 e. The van der Waals surface area contributed by atoms with Gasteiger partial charge in [-0.1, -0.05) is 36.4 Å². The van der Waals surface area contributed by atoms with Gasteiger partial charge in [-0.2, -0.15) is 5.26 Å². The molecule has 2 rings (SSSR count). The van der Waals surface area contributed by atoms with Gasteiger partial charge in [0.2, 0.25) is 0 Å². The van der Waals surface area contributed by atoms with E-state index >= 15 is 0 Å². The number of esters is 1. The molecule has 2 aromatic carbocycles. The van der Waals surface area contributed by atoms with E-state index in [1.807, 2.05) is 30.3 Å². The predicted molar refractivity (Wildman–Crippen MR) is 103 cm³/mol. The molecule has 1 atom stereocenters. The third-order valence-corrected chi connectivity index (χ3v) is 3.77. The van der Waals surface area contributed by atoms with E-state index in [0.717, 1.165) is 5.56 Å². The lowest BCUT2D eigenvalue weighted by molar-refractivity contribution is -0.155. The number of carbonyl (C=O) groups excluding carboxylic acids is 1. The number of methoxy groups -OCH3 is 1. The van der Waals surface area contributed by atoms with Crippen LogP contribution in [0.1, 0.15) is 44.2 Å². The molecular formula is C22H25NO4. The van der Waals surface area contributed by atoms with Crippen LogP contribution >= 0.6 is 0 Å². The van der Waals surface area contributed by atoms with Crippen molar-refractivity contribution < 1.29 is 19.0 Å². The number of rotatable bonds is 7. The monoisotopic (exact) mass is 367 g/mol. The minimum Gasteiger partial charge on any atom is -0.493 e. The van der Waals surface area contributed by atoms with E-state index in [-0.39, 0.29) is 6.42 Å². The summed E-state index contributed by atoms with van der Waals surface area (Å²) < 4.78 is 16.5. The Morgan fingerprint density at radius 1 is 1.11 bits per heavy atom. The fourth-order valence-corrected chi connectivity index (χ4v) is 2.54.